The van der Waals surface area contributed by atoms with E-state index in [1.807, 2.05) is 6.92 Å². The second kappa shape index (κ2) is 5.59. The van der Waals surface area contributed by atoms with Gasteiger partial charge in [-0.1, -0.05) is 0 Å². The second-order valence-electron chi connectivity index (χ2n) is 5.53. The number of amides is 2. The molecule has 2 amide bonds. The Morgan fingerprint density at radius 3 is 2.40 bits per heavy atom. The molecule has 20 heavy (non-hydrogen) atoms. The summed E-state index contributed by atoms with van der Waals surface area (Å²) in [5.74, 6) is -0.802. The molecule has 0 aliphatic carbocycles. The zero-order chi connectivity index (χ0) is 14.9. The molecule has 7 nitrogen and oxygen atoms in total. The summed E-state index contributed by atoms with van der Waals surface area (Å²) in [5, 5.41) is 0. The summed E-state index contributed by atoms with van der Waals surface area (Å²) in [6.07, 6.45) is 2.00. The van der Waals surface area contributed by atoms with Crippen LogP contribution in [0.3, 0.4) is 0 Å². The molecule has 1 atom stereocenters. The Labute approximate surface area is 118 Å². The molecule has 2 fully saturated rings. The number of carbonyl (C=O) groups is 2. The molecule has 2 saturated heterocycles. The maximum atomic E-state index is 11.8. The Hall–Kier alpha value is -1.31. The highest BCUT2D eigenvalue weighted by molar-refractivity contribution is 7.91. The van der Waals surface area contributed by atoms with Crippen LogP contribution in [-0.2, 0) is 19.4 Å². The number of cyclic esters (lactones) is 1. The van der Waals surface area contributed by atoms with E-state index in [0.29, 0.717) is 32.5 Å². The molecule has 0 spiro atoms. The van der Waals surface area contributed by atoms with E-state index >= 15 is 0 Å². The highest BCUT2D eigenvalue weighted by atomic mass is 32.2. The van der Waals surface area contributed by atoms with Gasteiger partial charge >= 0.3 is 6.09 Å². The summed E-state index contributed by atoms with van der Waals surface area (Å²) in [4.78, 5) is 26.7. The average Bonchev–Trinajstić information content (AvgIpc) is 2.66. The molecule has 0 aromatic carbocycles. The van der Waals surface area contributed by atoms with Gasteiger partial charge in [-0.3, -0.25) is 4.79 Å². The highest BCUT2D eigenvalue weighted by Crippen LogP contribution is 2.22. The number of rotatable bonds is 3. The van der Waals surface area contributed by atoms with E-state index in [1.54, 1.807) is 9.80 Å². The molecule has 0 radical (unpaired) electrons. The molecule has 0 saturated carbocycles. The molecule has 2 rings (SSSR count). The Balaban J connectivity index is 1.86. The summed E-state index contributed by atoms with van der Waals surface area (Å²) >= 11 is 0. The number of carbonyl (C=O) groups excluding carboxylic acids is 2. The average molecular weight is 304 g/mol. The van der Waals surface area contributed by atoms with Crippen LogP contribution >= 0.6 is 0 Å². The quantitative estimate of drug-likeness (QED) is 0.725. The maximum Gasteiger partial charge on any atom is 0.410 e. The Kier molecular flexibility index (Phi) is 4.22. The van der Waals surface area contributed by atoms with Crippen molar-refractivity contribution < 1.29 is 22.7 Å². The Bertz CT molecular complexity index is 496. The van der Waals surface area contributed by atoms with Crippen LogP contribution in [0.2, 0.25) is 0 Å². The predicted octanol–water partition coefficient (Wildman–Crippen LogP) is -0.137. The first-order chi connectivity index (χ1) is 9.26. The van der Waals surface area contributed by atoms with Crippen molar-refractivity contribution >= 4 is 21.8 Å². The van der Waals surface area contributed by atoms with Gasteiger partial charge < -0.3 is 14.5 Å². The first kappa shape index (κ1) is 15.1. The smallest absolute Gasteiger partial charge is 0.410 e. The van der Waals surface area contributed by atoms with Crippen molar-refractivity contribution in [1.29, 1.82) is 0 Å². The minimum Gasteiger partial charge on any atom is -0.444 e. The van der Waals surface area contributed by atoms with Crippen LogP contribution in [0.25, 0.3) is 0 Å². The maximum absolute atomic E-state index is 11.8. The van der Waals surface area contributed by atoms with Crippen molar-refractivity contribution in [1.82, 2.24) is 9.80 Å². The third-order valence-corrected chi connectivity index (χ3v) is 4.41. The lowest BCUT2D eigenvalue weighted by atomic mass is 10.0. The van der Waals surface area contributed by atoms with Crippen molar-refractivity contribution in [3.05, 3.63) is 0 Å². The van der Waals surface area contributed by atoms with Crippen molar-refractivity contribution in [2.24, 2.45) is 0 Å². The first-order valence-corrected chi connectivity index (χ1v) is 8.75. The lowest BCUT2D eigenvalue weighted by molar-refractivity contribution is -0.129. The van der Waals surface area contributed by atoms with Gasteiger partial charge in [0.2, 0.25) is 5.91 Å². The van der Waals surface area contributed by atoms with E-state index in [-0.39, 0.29) is 24.1 Å². The summed E-state index contributed by atoms with van der Waals surface area (Å²) < 4.78 is 27.3. The molecule has 114 valence electrons. The van der Waals surface area contributed by atoms with Gasteiger partial charge in [0, 0.05) is 25.4 Å². The second-order valence-corrected chi connectivity index (χ2v) is 7.67. The fraction of sp³-hybridized carbons (Fsp3) is 0.833. The Morgan fingerprint density at radius 1 is 1.35 bits per heavy atom. The van der Waals surface area contributed by atoms with Gasteiger partial charge in [0.1, 0.15) is 11.9 Å². The van der Waals surface area contributed by atoms with Crippen LogP contribution in [0.4, 0.5) is 4.79 Å². The number of hydrogen-bond donors (Lipinski definition) is 0. The largest absolute Gasteiger partial charge is 0.444 e. The highest BCUT2D eigenvalue weighted by Gasteiger charge is 2.36. The van der Waals surface area contributed by atoms with E-state index in [9.17, 15) is 18.0 Å². The molecule has 0 N–H and O–H groups in total. The van der Waals surface area contributed by atoms with Crippen molar-refractivity contribution in [3.63, 3.8) is 0 Å². The van der Waals surface area contributed by atoms with Crippen LogP contribution in [0, 0.1) is 0 Å². The fourth-order valence-corrected chi connectivity index (χ4v) is 3.30. The zero-order valence-corrected chi connectivity index (χ0v) is 12.6. The molecule has 2 aliphatic rings. The van der Waals surface area contributed by atoms with Gasteiger partial charge in [-0.15, -0.1) is 0 Å². The number of piperidine rings is 1. The summed E-state index contributed by atoms with van der Waals surface area (Å²) in [6.45, 7) is 3.40. The molecule has 2 aliphatic heterocycles. The van der Waals surface area contributed by atoms with Crippen molar-refractivity contribution in [2.45, 2.75) is 31.9 Å². The molecular weight excluding hydrogens is 284 g/mol. The number of likely N-dealkylation sites (tertiary alicyclic amines) is 1. The standard InChI is InChI=1S/C12H20N2O5S/c1-9-7-14(12(16)19-9)10-3-5-13(6-4-10)11(15)8-20(2,17)18/h9-10H,3-8H2,1-2H3. The molecule has 8 heteroatoms. The normalized spacial score (nSPS) is 24.9. The third-order valence-electron chi connectivity index (χ3n) is 3.63. The first-order valence-electron chi connectivity index (χ1n) is 6.69. The minimum atomic E-state index is -3.29. The number of hydrogen-bond acceptors (Lipinski definition) is 5. The predicted molar refractivity (Wildman–Crippen MR) is 72.0 cm³/mol. The molecule has 1 unspecified atom stereocenters. The molecule has 0 aromatic heterocycles. The van der Waals surface area contributed by atoms with Gasteiger partial charge in [0.15, 0.2) is 9.84 Å². The molecular formula is C12H20N2O5S. The fourth-order valence-electron chi connectivity index (χ4n) is 2.67. The van der Waals surface area contributed by atoms with Crippen LogP contribution in [-0.4, -0.2) is 74.0 Å². The van der Waals surface area contributed by atoms with E-state index in [0.717, 1.165) is 6.26 Å². The van der Waals surface area contributed by atoms with Crippen molar-refractivity contribution in [2.75, 3.05) is 31.6 Å². The van der Waals surface area contributed by atoms with E-state index in [2.05, 4.69) is 0 Å². The molecule has 0 aromatic rings. The SMILES string of the molecule is CC1CN(C2CCN(C(=O)CS(C)(=O)=O)CC2)C(=O)O1. The van der Waals surface area contributed by atoms with E-state index < -0.39 is 15.6 Å². The van der Waals surface area contributed by atoms with Gasteiger partial charge in [0.25, 0.3) is 0 Å². The monoisotopic (exact) mass is 304 g/mol. The number of nitrogens with zero attached hydrogens (tertiary/aromatic N) is 2. The Morgan fingerprint density at radius 2 is 1.95 bits per heavy atom. The lowest BCUT2D eigenvalue weighted by Gasteiger charge is -2.35. The topological polar surface area (TPSA) is 84.0 Å². The number of sulfone groups is 1. The lowest BCUT2D eigenvalue weighted by Crippen LogP contribution is -2.48. The molecule has 2 heterocycles. The third kappa shape index (κ3) is 3.62. The van der Waals surface area contributed by atoms with Crippen molar-refractivity contribution in [3.8, 4) is 0 Å². The molecule has 0 bridgehead atoms. The van der Waals surface area contributed by atoms with E-state index in [1.165, 1.54) is 0 Å². The van der Waals surface area contributed by atoms with Crippen LogP contribution < -0.4 is 0 Å². The number of ether oxygens (including phenoxy) is 1. The van der Waals surface area contributed by atoms with Gasteiger partial charge in [0.05, 0.1) is 6.54 Å². The van der Waals surface area contributed by atoms with Gasteiger partial charge in [-0.2, -0.15) is 0 Å². The zero-order valence-electron chi connectivity index (χ0n) is 11.7. The minimum absolute atomic E-state index is 0.0785. The van der Waals surface area contributed by atoms with Crippen LogP contribution in [0.5, 0.6) is 0 Å². The summed E-state index contributed by atoms with van der Waals surface area (Å²) in [7, 11) is -3.29. The van der Waals surface area contributed by atoms with E-state index in [4.69, 9.17) is 4.74 Å². The van der Waals surface area contributed by atoms with Gasteiger partial charge in [-0.05, 0) is 19.8 Å². The summed E-state index contributed by atoms with van der Waals surface area (Å²) in [6, 6.07) is 0.0785. The van der Waals surface area contributed by atoms with Crippen LogP contribution in [0.1, 0.15) is 19.8 Å². The summed E-state index contributed by atoms with van der Waals surface area (Å²) in [5.41, 5.74) is 0. The van der Waals surface area contributed by atoms with Crippen LogP contribution in [0.15, 0.2) is 0 Å². The van der Waals surface area contributed by atoms with Gasteiger partial charge in [-0.25, -0.2) is 13.2 Å².